The fraction of sp³-hybridized carbons (Fsp3) is 0.533. The van der Waals surface area contributed by atoms with E-state index >= 15 is 0 Å². The number of hydrogen-bond donors (Lipinski definition) is 2. The van der Waals surface area contributed by atoms with Crippen LogP contribution in [0.3, 0.4) is 0 Å². The number of benzene rings is 1. The number of likely N-dealkylation sites (N-methyl/N-ethyl adjacent to an activating group) is 1. The normalized spacial score (nSPS) is 13.2. The Morgan fingerprint density at radius 3 is 3.10 bits per heavy atom. The summed E-state index contributed by atoms with van der Waals surface area (Å²) in [4.78, 5) is 14.2. The average Bonchev–Trinajstić information content (AvgIpc) is 2.92. The van der Waals surface area contributed by atoms with E-state index in [1.807, 2.05) is 25.2 Å². The van der Waals surface area contributed by atoms with E-state index in [0.717, 1.165) is 37.3 Å². The van der Waals surface area contributed by atoms with Gasteiger partial charge >= 0.3 is 0 Å². The van der Waals surface area contributed by atoms with Gasteiger partial charge in [-0.2, -0.15) is 0 Å². The zero-order valence-electron chi connectivity index (χ0n) is 12.2. The molecule has 110 valence electrons. The van der Waals surface area contributed by atoms with Gasteiger partial charge in [0.1, 0.15) is 0 Å². The van der Waals surface area contributed by atoms with Gasteiger partial charge in [0.05, 0.1) is 6.61 Å². The van der Waals surface area contributed by atoms with E-state index in [4.69, 9.17) is 4.74 Å². The number of nitrogens with one attached hydrogen (secondary N) is 2. The van der Waals surface area contributed by atoms with Gasteiger partial charge in [0.15, 0.2) is 0 Å². The Balaban J connectivity index is 1.77. The van der Waals surface area contributed by atoms with Gasteiger partial charge < -0.3 is 20.3 Å². The lowest BCUT2D eigenvalue weighted by atomic mass is 10.1. The molecular weight excluding hydrogens is 254 g/mol. The van der Waals surface area contributed by atoms with E-state index in [1.165, 1.54) is 5.56 Å². The van der Waals surface area contributed by atoms with Gasteiger partial charge in [-0.05, 0) is 31.2 Å². The monoisotopic (exact) mass is 277 g/mol. The summed E-state index contributed by atoms with van der Waals surface area (Å²) in [5.41, 5.74) is 3.11. The van der Waals surface area contributed by atoms with E-state index < -0.39 is 0 Å². The zero-order chi connectivity index (χ0) is 14.4. The number of methoxy groups -OCH3 is 1. The van der Waals surface area contributed by atoms with Gasteiger partial charge in [0.2, 0.25) is 0 Å². The third-order valence-corrected chi connectivity index (χ3v) is 3.54. The van der Waals surface area contributed by atoms with Crippen molar-refractivity contribution in [3.05, 3.63) is 29.3 Å². The lowest BCUT2D eigenvalue weighted by Gasteiger charge is -2.16. The molecule has 2 N–H and O–H groups in total. The van der Waals surface area contributed by atoms with Gasteiger partial charge in [0, 0.05) is 44.5 Å². The number of carbonyl (C=O) groups excluding carboxylic acids is 1. The van der Waals surface area contributed by atoms with E-state index in [9.17, 15) is 4.79 Å². The van der Waals surface area contributed by atoms with Crippen molar-refractivity contribution in [1.82, 2.24) is 10.2 Å². The maximum Gasteiger partial charge on any atom is 0.251 e. The lowest BCUT2D eigenvalue weighted by molar-refractivity contribution is 0.0947. The van der Waals surface area contributed by atoms with Crippen LogP contribution in [-0.4, -0.2) is 57.8 Å². The van der Waals surface area contributed by atoms with Crippen molar-refractivity contribution < 1.29 is 9.53 Å². The first-order valence-electron chi connectivity index (χ1n) is 7.03. The molecule has 1 aromatic rings. The van der Waals surface area contributed by atoms with Crippen LogP contribution in [0.5, 0.6) is 0 Å². The van der Waals surface area contributed by atoms with Crippen LogP contribution in [0, 0.1) is 0 Å². The fourth-order valence-corrected chi connectivity index (χ4v) is 2.25. The number of rotatable bonds is 7. The minimum absolute atomic E-state index is 0.0124. The Morgan fingerprint density at radius 2 is 2.30 bits per heavy atom. The molecule has 0 unspecified atom stereocenters. The molecule has 0 fully saturated rings. The number of anilines is 1. The molecule has 0 atom stereocenters. The molecule has 0 saturated carbocycles. The van der Waals surface area contributed by atoms with Crippen molar-refractivity contribution in [2.24, 2.45) is 0 Å². The second-order valence-electron chi connectivity index (χ2n) is 5.10. The lowest BCUT2D eigenvalue weighted by Crippen LogP contribution is -2.34. The molecule has 1 aromatic carbocycles. The molecule has 0 bridgehead atoms. The van der Waals surface area contributed by atoms with E-state index in [2.05, 4.69) is 15.5 Å². The standard InChI is InChI=1S/C15H23N3O2/c1-18(9-10-20-2)8-7-17-15(19)13-4-3-12-5-6-16-14(12)11-13/h3-4,11,16H,5-10H2,1-2H3,(H,17,19). The van der Waals surface area contributed by atoms with E-state index in [0.29, 0.717) is 13.2 Å². The summed E-state index contributed by atoms with van der Waals surface area (Å²) in [6.07, 6.45) is 1.04. The zero-order valence-corrected chi connectivity index (χ0v) is 12.2. The third kappa shape index (κ3) is 3.95. The Bertz CT molecular complexity index is 462. The largest absolute Gasteiger partial charge is 0.384 e. The Kier molecular flexibility index (Phi) is 5.38. The minimum atomic E-state index is -0.0124. The van der Waals surface area contributed by atoms with Crippen molar-refractivity contribution in [3.63, 3.8) is 0 Å². The highest BCUT2D eigenvalue weighted by Gasteiger charge is 2.13. The highest BCUT2D eigenvalue weighted by atomic mass is 16.5. The fourth-order valence-electron chi connectivity index (χ4n) is 2.25. The summed E-state index contributed by atoms with van der Waals surface area (Å²) >= 11 is 0. The molecule has 2 rings (SSSR count). The van der Waals surface area contributed by atoms with Crippen molar-refractivity contribution in [1.29, 1.82) is 0 Å². The summed E-state index contributed by atoms with van der Waals surface area (Å²) in [6.45, 7) is 4.00. The molecule has 0 spiro atoms. The second-order valence-corrected chi connectivity index (χ2v) is 5.10. The van der Waals surface area contributed by atoms with Crippen molar-refractivity contribution >= 4 is 11.6 Å². The maximum atomic E-state index is 12.1. The summed E-state index contributed by atoms with van der Waals surface area (Å²) < 4.78 is 5.02. The molecule has 5 heteroatoms. The SMILES string of the molecule is COCCN(C)CCNC(=O)c1ccc2c(c1)NCC2. The molecule has 1 heterocycles. The maximum absolute atomic E-state index is 12.1. The first-order valence-corrected chi connectivity index (χ1v) is 7.03. The van der Waals surface area contributed by atoms with Gasteiger partial charge in [-0.1, -0.05) is 6.07 Å². The molecule has 1 aliphatic heterocycles. The Morgan fingerprint density at radius 1 is 1.45 bits per heavy atom. The van der Waals surface area contributed by atoms with Crippen LogP contribution in [0.25, 0.3) is 0 Å². The van der Waals surface area contributed by atoms with E-state index in [1.54, 1.807) is 7.11 Å². The van der Waals surface area contributed by atoms with Crippen LogP contribution < -0.4 is 10.6 Å². The quantitative estimate of drug-likeness (QED) is 0.779. The minimum Gasteiger partial charge on any atom is -0.384 e. The highest BCUT2D eigenvalue weighted by molar-refractivity contribution is 5.95. The van der Waals surface area contributed by atoms with Crippen molar-refractivity contribution in [2.75, 3.05) is 52.3 Å². The number of amides is 1. The molecule has 0 radical (unpaired) electrons. The topological polar surface area (TPSA) is 53.6 Å². The molecule has 1 aliphatic rings. The van der Waals surface area contributed by atoms with Gasteiger partial charge in [0.25, 0.3) is 5.91 Å². The molecule has 20 heavy (non-hydrogen) atoms. The van der Waals surface area contributed by atoms with Crippen molar-refractivity contribution in [2.45, 2.75) is 6.42 Å². The number of carbonyl (C=O) groups is 1. The van der Waals surface area contributed by atoms with Crippen LogP contribution in [0.4, 0.5) is 5.69 Å². The van der Waals surface area contributed by atoms with Crippen LogP contribution >= 0.6 is 0 Å². The van der Waals surface area contributed by atoms with Crippen molar-refractivity contribution in [3.8, 4) is 0 Å². The third-order valence-electron chi connectivity index (χ3n) is 3.54. The predicted octanol–water partition coefficient (Wildman–Crippen LogP) is 0.963. The summed E-state index contributed by atoms with van der Waals surface area (Å²) in [6, 6.07) is 5.87. The van der Waals surface area contributed by atoms with Crippen LogP contribution in [-0.2, 0) is 11.2 Å². The van der Waals surface area contributed by atoms with Crippen LogP contribution in [0.15, 0.2) is 18.2 Å². The molecule has 0 saturated heterocycles. The first-order chi connectivity index (χ1) is 9.70. The molecule has 0 aliphatic carbocycles. The van der Waals surface area contributed by atoms with E-state index in [-0.39, 0.29) is 5.91 Å². The average molecular weight is 277 g/mol. The van der Waals surface area contributed by atoms with Crippen LogP contribution in [0.1, 0.15) is 15.9 Å². The Labute approximate surface area is 120 Å². The van der Waals surface area contributed by atoms with Gasteiger partial charge in [-0.15, -0.1) is 0 Å². The highest BCUT2D eigenvalue weighted by Crippen LogP contribution is 2.22. The number of ether oxygens (including phenoxy) is 1. The van der Waals surface area contributed by atoms with Gasteiger partial charge in [-0.3, -0.25) is 4.79 Å². The summed E-state index contributed by atoms with van der Waals surface area (Å²) in [7, 11) is 3.71. The smallest absolute Gasteiger partial charge is 0.251 e. The number of nitrogens with zero attached hydrogens (tertiary/aromatic N) is 1. The number of fused-ring (bicyclic) bond motifs is 1. The Hall–Kier alpha value is -1.59. The molecule has 5 nitrogen and oxygen atoms in total. The van der Waals surface area contributed by atoms with Crippen LogP contribution in [0.2, 0.25) is 0 Å². The summed E-state index contributed by atoms with van der Waals surface area (Å²) in [5.74, 6) is -0.0124. The number of hydrogen-bond acceptors (Lipinski definition) is 4. The molecular formula is C15H23N3O2. The predicted molar refractivity (Wildman–Crippen MR) is 80.3 cm³/mol. The molecule has 1 amide bonds. The summed E-state index contributed by atoms with van der Waals surface area (Å²) in [5, 5.41) is 6.24. The second kappa shape index (κ2) is 7.26. The first kappa shape index (κ1) is 14.8. The molecule has 0 aromatic heterocycles. The van der Waals surface area contributed by atoms with Gasteiger partial charge in [-0.25, -0.2) is 0 Å².